The fourth-order valence-electron chi connectivity index (χ4n) is 3.20. The monoisotopic (exact) mass is 390 g/mol. The third-order valence-corrected chi connectivity index (χ3v) is 4.64. The number of carbonyl (C=O) groups is 1. The number of ether oxygens (including phenoxy) is 1. The first-order valence-electron chi connectivity index (χ1n) is 8.94. The van der Waals surface area contributed by atoms with Crippen LogP contribution in [0, 0.1) is 0 Å². The van der Waals surface area contributed by atoms with Crippen LogP contribution in [-0.4, -0.2) is 55.1 Å². The molecular weight excluding hydrogens is 359 g/mol. The van der Waals surface area contributed by atoms with Crippen molar-refractivity contribution in [1.82, 2.24) is 9.80 Å². The van der Waals surface area contributed by atoms with E-state index in [4.69, 9.17) is 4.74 Å². The van der Waals surface area contributed by atoms with Crippen LogP contribution in [0.4, 0.5) is 0 Å². The maximum absolute atomic E-state index is 12.7. The lowest BCUT2D eigenvalue weighted by atomic mass is 10.0. The average molecular weight is 391 g/mol. The smallest absolute Gasteiger partial charge is 0.328 e. The van der Waals surface area contributed by atoms with Gasteiger partial charge in [0.2, 0.25) is 0 Å². The number of hydrogen-bond acceptors (Lipinski definition) is 4. The predicted octanol–water partition coefficient (Wildman–Crippen LogP) is 3.94. The molecule has 0 aromatic heterocycles. The van der Waals surface area contributed by atoms with E-state index in [9.17, 15) is 4.79 Å². The van der Waals surface area contributed by atoms with Crippen LogP contribution in [-0.2, 0) is 9.53 Å². The molecule has 0 spiro atoms. The Hall–Kier alpha value is -0.810. The van der Waals surface area contributed by atoms with E-state index >= 15 is 0 Å². The van der Waals surface area contributed by atoms with Gasteiger partial charge >= 0.3 is 5.97 Å². The van der Waals surface area contributed by atoms with Gasteiger partial charge in [0, 0.05) is 6.54 Å². The molecular formula is C19H32Cl2N2O2. The molecule has 0 bridgehead atoms. The van der Waals surface area contributed by atoms with Gasteiger partial charge in [0.15, 0.2) is 0 Å². The minimum atomic E-state index is -0.256. The second kappa shape index (κ2) is 13.4. The van der Waals surface area contributed by atoms with E-state index in [0.29, 0.717) is 6.61 Å². The maximum Gasteiger partial charge on any atom is 0.328 e. The van der Waals surface area contributed by atoms with Gasteiger partial charge in [-0.1, -0.05) is 50.6 Å². The van der Waals surface area contributed by atoms with Gasteiger partial charge < -0.3 is 9.64 Å². The summed E-state index contributed by atoms with van der Waals surface area (Å²) in [5.74, 6) is -0.106. The molecule has 1 aliphatic rings. The summed E-state index contributed by atoms with van der Waals surface area (Å²) < 4.78 is 5.62. The fraction of sp³-hybridized carbons (Fsp3) is 0.632. The van der Waals surface area contributed by atoms with Crippen molar-refractivity contribution >= 4 is 30.8 Å². The molecule has 6 heteroatoms. The van der Waals surface area contributed by atoms with Gasteiger partial charge in [0.05, 0.1) is 0 Å². The van der Waals surface area contributed by atoms with Crippen LogP contribution in [0.25, 0.3) is 0 Å². The molecule has 1 fully saturated rings. The largest absolute Gasteiger partial charge is 0.463 e. The van der Waals surface area contributed by atoms with E-state index in [-0.39, 0.29) is 36.8 Å². The second-order valence-electron chi connectivity index (χ2n) is 6.10. The van der Waals surface area contributed by atoms with Crippen LogP contribution in [0.15, 0.2) is 30.3 Å². The van der Waals surface area contributed by atoms with Crippen molar-refractivity contribution < 1.29 is 9.53 Å². The number of hydrogen-bond donors (Lipinski definition) is 0. The number of likely N-dealkylation sites (tertiary alicyclic amines) is 1. The highest BCUT2D eigenvalue weighted by Crippen LogP contribution is 2.25. The third kappa shape index (κ3) is 7.53. The molecule has 144 valence electrons. The molecule has 0 N–H and O–H groups in total. The lowest BCUT2D eigenvalue weighted by molar-refractivity contribution is -0.151. The number of esters is 1. The molecule has 4 nitrogen and oxygen atoms in total. The van der Waals surface area contributed by atoms with Crippen LogP contribution in [0.2, 0.25) is 0 Å². The number of rotatable bonds is 8. The van der Waals surface area contributed by atoms with Crippen LogP contribution in [0.5, 0.6) is 0 Å². The topological polar surface area (TPSA) is 32.8 Å². The molecule has 0 unspecified atom stereocenters. The van der Waals surface area contributed by atoms with Crippen molar-refractivity contribution in [1.29, 1.82) is 0 Å². The standard InChI is InChI=1S/C19H30N2O2.2ClH/c1-3-20(4-2)15-16-23-19(22)18(17-11-7-5-8-12-17)21-13-9-6-10-14-21;;/h5,7-8,11-12,18H,3-4,6,9-10,13-16H2,1-2H3;2*1H/t18-;;/m0../s1. The highest BCUT2D eigenvalue weighted by molar-refractivity contribution is 5.85. The molecule has 0 amide bonds. The molecule has 0 aliphatic carbocycles. The minimum absolute atomic E-state index is 0. The molecule has 1 atom stereocenters. The maximum atomic E-state index is 12.7. The highest BCUT2D eigenvalue weighted by Gasteiger charge is 2.29. The summed E-state index contributed by atoms with van der Waals surface area (Å²) in [6.07, 6.45) is 3.58. The second-order valence-corrected chi connectivity index (χ2v) is 6.10. The summed E-state index contributed by atoms with van der Waals surface area (Å²) in [7, 11) is 0. The summed E-state index contributed by atoms with van der Waals surface area (Å²) >= 11 is 0. The zero-order valence-corrected chi connectivity index (χ0v) is 17.0. The van der Waals surface area contributed by atoms with Crippen molar-refractivity contribution in [3.05, 3.63) is 35.9 Å². The van der Waals surface area contributed by atoms with Gasteiger partial charge in [-0.05, 0) is 44.6 Å². The van der Waals surface area contributed by atoms with E-state index in [1.54, 1.807) is 0 Å². The van der Waals surface area contributed by atoms with E-state index in [1.807, 2.05) is 30.3 Å². The van der Waals surface area contributed by atoms with Crippen LogP contribution in [0.3, 0.4) is 0 Å². The van der Waals surface area contributed by atoms with E-state index in [0.717, 1.165) is 51.1 Å². The van der Waals surface area contributed by atoms with Crippen molar-refractivity contribution in [2.24, 2.45) is 0 Å². The Morgan fingerprint density at radius 2 is 1.68 bits per heavy atom. The number of nitrogens with zero attached hydrogens (tertiary/aromatic N) is 2. The quantitative estimate of drug-likeness (QED) is 0.629. The molecule has 0 radical (unpaired) electrons. The molecule has 25 heavy (non-hydrogen) atoms. The molecule has 1 aromatic carbocycles. The first-order chi connectivity index (χ1) is 11.3. The predicted molar refractivity (Wildman–Crippen MR) is 108 cm³/mol. The Bertz CT molecular complexity index is 464. The normalized spacial score (nSPS) is 15.8. The molecule has 1 aromatic rings. The van der Waals surface area contributed by atoms with Gasteiger partial charge in [0.25, 0.3) is 0 Å². The first kappa shape index (κ1) is 24.2. The Kier molecular flexibility index (Phi) is 13.0. The Balaban J connectivity index is 0.00000288. The number of halogens is 2. The van der Waals surface area contributed by atoms with Crippen molar-refractivity contribution in [3.63, 3.8) is 0 Å². The average Bonchev–Trinajstić information content (AvgIpc) is 2.61. The first-order valence-corrected chi connectivity index (χ1v) is 8.94. The fourth-order valence-corrected chi connectivity index (χ4v) is 3.20. The van der Waals surface area contributed by atoms with Gasteiger partial charge in [-0.3, -0.25) is 4.90 Å². The summed E-state index contributed by atoms with van der Waals surface area (Å²) in [4.78, 5) is 17.3. The summed E-state index contributed by atoms with van der Waals surface area (Å²) in [5.41, 5.74) is 1.04. The van der Waals surface area contributed by atoms with Crippen molar-refractivity contribution in [2.45, 2.75) is 39.2 Å². The number of likely N-dealkylation sites (N-methyl/N-ethyl adjacent to an activating group) is 1. The number of carbonyl (C=O) groups excluding carboxylic acids is 1. The summed E-state index contributed by atoms with van der Waals surface area (Å²) in [6.45, 7) is 9.47. The van der Waals surface area contributed by atoms with Gasteiger partial charge in [-0.25, -0.2) is 4.79 Å². The van der Waals surface area contributed by atoms with Crippen molar-refractivity contribution in [3.8, 4) is 0 Å². The molecule has 0 saturated carbocycles. The lowest BCUT2D eigenvalue weighted by Gasteiger charge is -2.33. The van der Waals surface area contributed by atoms with Gasteiger partial charge in [-0.15, -0.1) is 24.8 Å². The van der Waals surface area contributed by atoms with Gasteiger partial charge in [0.1, 0.15) is 12.6 Å². The summed E-state index contributed by atoms with van der Waals surface area (Å²) in [6, 6.07) is 9.79. The SMILES string of the molecule is CCN(CC)CCOC(=O)[C@H](c1ccccc1)N1CCCCC1.Cl.Cl. The van der Waals surface area contributed by atoms with Crippen LogP contribution >= 0.6 is 24.8 Å². The van der Waals surface area contributed by atoms with E-state index < -0.39 is 0 Å². The van der Waals surface area contributed by atoms with E-state index in [2.05, 4.69) is 23.6 Å². The van der Waals surface area contributed by atoms with Gasteiger partial charge in [-0.2, -0.15) is 0 Å². The van der Waals surface area contributed by atoms with E-state index in [1.165, 1.54) is 6.42 Å². The molecule has 1 saturated heterocycles. The van der Waals surface area contributed by atoms with Crippen LogP contribution < -0.4 is 0 Å². The Morgan fingerprint density at radius 1 is 1.08 bits per heavy atom. The minimum Gasteiger partial charge on any atom is -0.463 e. The summed E-state index contributed by atoms with van der Waals surface area (Å²) in [5, 5.41) is 0. The lowest BCUT2D eigenvalue weighted by Crippen LogP contribution is -2.39. The molecule has 1 heterocycles. The Morgan fingerprint density at radius 3 is 2.24 bits per heavy atom. The Labute approximate surface area is 164 Å². The van der Waals surface area contributed by atoms with Crippen molar-refractivity contribution in [2.75, 3.05) is 39.3 Å². The van der Waals surface area contributed by atoms with Crippen LogP contribution in [0.1, 0.15) is 44.7 Å². The third-order valence-electron chi connectivity index (χ3n) is 4.64. The molecule has 1 aliphatic heterocycles. The zero-order valence-electron chi connectivity index (χ0n) is 15.4. The number of benzene rings is 1. The number of piperidine rings is 1. The highest BCUT2D eigenvalue weighted by atomic mass is 35.5. The zero-order chi connectivity index (χ0) is 16.5. The molecule has 2 rings (SSSR count).